The van der Waals surface area contributed by atoms with E-state index in [1.165, 1.54) is 11.8 Å². The van der Waals surface area contributed by atoms with Crippen LogP contribution in [0.5, 0.6) is 0 Å². The molecule has 0 bridgehead atoms. The van der Waals surface area contributed by atoms with Gasteiger partial charge in [0.25, 0.3) is 0 Å². The van der Waals surface area contributed by atoms with Gasteiger partial charge in [-0.1, -0.05) is 19.1 Å². The lowest BCUT2D eigenvalue weighted by Gasteiger charge is -2.08. The van der Waals surface area contributed by atoms with Gasteiger partial charge >= 0.3 is 5.97 Å². The Kier molecular flexibility index (Phi) is 8.06. The lowest BCUT2D eigenvalue weighted by Crippen LogP contribution is -2.32. The van der Waals surface area contributed by atoms with Crippen molar-refractivity contribution in [2.45, 2.75) is 25.5 Å². The van der Waals surface area contributed by atoms with Gasteiger partial charge in [-0.25, -0.2) is 0 Å². The fraction of sp³-hybridized carbons (Fsp3) is 0.400. The standard InChI is InChI=1S/C15H20N2O4S/c1-2-4-13(18)16-8-14(19)17-12-6-3-5-11(7-12)9-22-10-15(20)21/h3,5-7H,2,4,8-10H2,1H3,(H,16,18)(H,17,19)(H,20,21). The molecule has 22 heavy (non-hydrogen) atoms. The van der Waals surface area contributed by atoms with E-state index >= 15 is 0 Å². The molecule has 0 spiro atoms. The van der Waals surface area contributed by atoms with E-state index in [-0.39, 0.29) is 24.1 Å². The molecule has 1 aromatic rings. The molecule has 0 aliphatic heterocycles. The van der Waals surface area contributed by atoms with Gasteiger partial charge in [-0.05, 0) is 24.1 Å². The summed E-state index contributed by atoms with van der Waals surface area (Å²) in [6.07, 6.45) is 1.15. The molecule has 1 aromatic carbocycles. The number of thioether (sulfide) groups is 1. The Morgan fingerprint density at radius 3 is 2.68 bits per heavy atom. The second-order valence-electron chi connectivity index (χ2n) is 4.66. The average Bonchev–Trinajstić information content (AvgIpc) is 2.45. The summed E-state index contributed by atoms with van der Waals surface area (Å²) in [6, 6.07) is 7.20. The Hall–Kier alpha value is -2.02. The van der Waals surface area contributed by atoms with Crippen LogP contribution in [0.1, 0.15) is 25.3 Å². The summed E-state index contributed by atoms with van der Waals surface area (Å²) in [5.74, 6) is -0.683. The Labute approximate surface area is 133 Å². The van der Waals surface area contributed by atoms with Crippen molar-refractivity contribution in [3.05, 3.63) is 29.8 Å². The van der Waals surface area contributed by atoms with Crippen molar-refractivity contribution in [1.29, 1.82) is 0 Å². The van der Waals surface area contributed by atoms with Crippen molar-refractivity contribution in [1.82, 2.24) is 5.32 Å². The fourth-order valence-electron chi connectivity index (χ4n) is 1.69. The molecule has 0 aliphatic carbocycles. The summed E-state index contributed by atoms with van der Waals surface area (Å²) in [4.78, 5) is 33.5. The first-order valence-electron chi connectivity index (χ1n) is 6.96. The van der Waals surface area contributed by atoms with Crippen molar-refractivity contribution < 1.29 is 19.5 Å². The van der Waals surface area contributed by atoms with Crippen LogP contribution in [-0.4, -0.2) is 35.2 Å². The smallest absolute Gasteiger partial charge is 0.313 e. The highest BCUT2D eigenvalue weighted by Crippen LogP contribution is 2.16. The molecule has 0 atom stereocenters. The van der Waals surface area contributed by atoms with Gasteiger partial charge in [0.15, 0.2) is 0 Å². The Bertz CT molecular complexity index is 534. The normalized spacial score (nSPS) is 10.0. The minimum atomic E-state index is -0.850. The molecular weight excluding hydrogens is 304 g/mol. The molecule has 0 heterocycles. The SMILES string of the molecule is CCCC(=O)NCC(=O)Nc1cccc(CSCC(=O)O)c1. The molecule has 6 nitrogen and oxygen atoms in total. The largest absolute Gasteiger partial charge is 0.481 e. The molecule has 120 valence electrons. The third-order valence-electron chi connectivity index (χ3n) is 2.63. The zero-order valence-electron chi connectivity index (χ0n) is 12.4. The van der Waals surface area contributed by atoms with Gasteiger partial charge in [0.2, 0.25) is 11.8 Å². The van der Waals surface area contributed by atoms with Crippen LogP contribution in [-0.2, 0) is 20.1 Å². The number of rotatable bonds is 9. The van der Waals surface area contributed by atoms with Gasteiger partial charge in [-0.15, -0.1) is 11.8 Å². The number of anilines is 1. The summed E-state index contributed by atoms with van der Waals surface area (Å²) in [5.41, 5.74) is 1.56. The Morgan fingerprint density at radius 1 is 1.23 bits per heavy atom. The number of carboxylic acid groups (broad SMARTS) is 1. The van der Waals surface area contributed by atoms with E-state index in [1.54, 1.807) is 18.2 Å². The van der Waals surface area contributed by atoms with Gasteiger partial charge in [-0.3, -0.25) is 14.4 Å². The van der Waals surface area contributed by atoms with Gasteiger partial charge in [-0.2, -0.15) is 0 Å². The molecule has 2 amide bonds. The van der Waals surface area contributed by atoms with E-state index < -0.39 is 5.97 Å². The number of aliphatic carboxylic acids is 1. The molecule has 0 radical (unpaired) electrons. The zero-order chi connectivity index (χ0) is 16.4. The first kappa shape index (κ1) is 18.0. The predicted molar refractivity (Wildman–Crippen MR) is 86.8 cm³/mol. The van der Waals surface area contributed by atoms with Crippen LogP contribution in [0.3, 0.4) is 0 Å². The van der Waals surface area contributed by atoms with E-state index in [0.29, 0.717) is 17.9 Å². The zero-order valence-corrected chi connectivity index (χ0v) is 13.2. The lowest BCUT2D eigenvalue weighted by molar-refractivity contribution is -0.134. The van der Waals surface area contributed by atoms with Crippen molar-refractivity contribution >= 4 is 35.2 Å². The third-order valence-corrected chi connectivity index (χ3v) is 3.62. The Balaban J connectivity index is 2.43. The molecule has 0 aromatic heterocycles. The van der Waals surface area contributed by atoms with Crippen molar-refractivity contribution in [3.8, 4) is 0 Å². The van der Waals surface area contributed by atoms with Crippen LogP contribution in [0.25, 0.3) is 0 Å². The number of hydrogen-bond acceptors (Lipinski definition) is 4. The monoisotopic (exact) mass is 324 g/mol. The molecular formula is C15H20N2O4S. The molecule has 7 heteroatoms. The minimum Gasteiger partial charge on any atom is -0.481 e. The number of carbonyl (C=O) groups excluding carboxylic acids is 2. The topological polar surface area (TPSA) is 95.5 Å². The quantitative estimate of drug-likeness (QED) is 0.644. The number of carbonyl (C=O) groups is 3. The van der Waals surface area contributed by atoms with E-state index in [2.05, 4.69) is 10.6 Å². The maximum atomic E-state index is 11.7. The van der Waals surface area contributed by atoms with E-state index in [1.807, 2.05) is 13.0 Å². The first-order valence-corrected chi connectivity index (χ1v) is 8.11. The number of hydrogen-bond donors (Lipinski definition) is 3. The Morgan fingerprint density at radius 2 is 2.00 bits per heavy atom. The maximum absolute atomic E-state index is 11.7. The number of benzene rings is 1. The van der Waals surface area contributed by atoms with Gasteiger partial charge in [0.05, 0.1) is 12.3 Å². The highest BCUT2D eigenvalue weighted by atomic mass is 32.2. The highest BCUT2D eigenvalue weighted by molar-refractivity contribution is 7.99. The summed E-state index contributed by atoms with van der Waals surface area (Å²) in [7, 11) is 0. The molecule has 0 saturated carbocycles. The van der Waals surface area contributed by atoms with E-state index in [4.69, 9.17) is 5.11 Å². The first-order chi connectivity index (χ1) is 10.5. The van der Waals surface area contributed by atoms with Crippen LogP contribution in [0.4, 0.5) is 5.69 Å². The third kappa shape index (κ3) is 7.68. The predicted octanol–water partition coefficient (Wildman–Crippen LogP) is 1.86. The summed E-state index contributed by atoms with van der Waals surface area (Å²) in [6.45, 7) is 1.84. The van der Waals surface area contributed by atoms with Crippen LogP contribution in [0.15, 0.2) is 24.3 Å². The summed E-state index contributed by atoms with van der Waals surface area (Å²) in [5, 5.41) is 13.8. The molecule has 0 saturated heterocycles. The van der Waals surface area contributed by atoms with Crippen LogP contribution >= 0.6 is 11.8 Å². The summed E-state index contributed by atoms with van der Waals surface area (Å²) >= 11 is 1.29. The van der Waals surface area contributed by atoms with Crippen LogP contribution < -0.4 is 10.6 Å². The van der Waals surface area contributed by atoms with Gasteiger partial charge in [0.1, 0.15) is 0 Å². The number of carboxylic acids is 1. The van der Waals surface area contributed by atoms with Gasteiger partial charge < -0.3 is 15.7 Å². The minimum absolute atomic E-state index is 0.0417. The number of nitrogens with one attached hydrogen (secondary N) is 2. The molecule has 3 N–H and O–H groups in total. The van der Waals surface area contributed by atoms with Gasteiger partial charge in [0, 0.05) is 17.9 Å². The van der Waals surface area contributed by atoms with Crippen LogP contribution in [0.2, 0.25) is 0 Å². The molecule has 0 unspecified atom stereocenters. The van der Waals surface area contributed by atoms with E-state index in [0.717, 1.165) is 12.0 Å². The van der Waals surface area contributed by atoms with E-state index in [9.17, 15) is 14.4 Å². The molecule has 1 rings (SSSR count). The van der Waals surface area contributed by atoms with Crippen molar-refractivity contribution in [2.75, 3.05) is 17.6 Å². The number of amides is 2. The second-order valence-corrected chi connectivity index (χ2v) is 5.65. The molecule has 0 aliphatic rings. The van der Waals surface area contributed by atoms with Crippen LogP contribution in [0, 0.1) is 0 Å². The maximum Gasteiger partial charge on any atom is 0.313 e. The molecule has 0 fully saturated rings. The fourth-order valence-corrected chi connectivity index (χ4v) is 2.39. The van der Waals surface area contributed by atoms with Crippen molar-refractivity contribution in [2.24, 2.45) is 0 Å². The second kappa shape index (κ2) is 9.83. The van der Waals surface area contributed by atoms with Crippen molar-refractivity contribution in [3.63, 3.8) is 0 Å². The summed E-state index contributed by atoms with van der Waals surface area (Å²) < 4.78 is 0. The lowest BCUT2D eigenvalue weighted by atomic mass is 10.2. The highest BCUT2D eigenvalue weighted by Gasteiger charge is 2.06. The average molecular weight is 324 g/mol.